The van der Waals surface area contributed by atoms with Gasteiger partial charge in [0.25, 0.3) is 0 Å². The van der Waals surface area contributed by atoms with Crippen LogP contribution in [0.3, 0.4) is 0 Å². The first-order valence-corrected chi connectivity index (χ1v) is 32.0. The molecule has 1 heterocycles. The van der Waals surface area contributed by atoms with Crippen LogP contribution in [0.1, 0.15) is 284 Å². The first-order chi connectivity index (χ1) is 37.7. The molecular weight excluding hydrogens is 967 g/mol. The first kappa shape index (κ1) is 72.4. The molecule has 1 saturated heterocycles. The van der Waals surface area contributed by atoms with Crippen molar-refractivity contribution in [1.29, 1.82) is 0 Å². The lowest BCUT2D eigenvalue weighted by molar-refractivity contribution is -0.302. The van der Waals surface area contributed by atoms with Gasteiger partial charge >= 0.3 is 5.97 Å². The van der Waals surface area contributed by atoms with Gasteiger partial charge in [-0.05, 0) is 71.1 Å². The van der Waals surface area contributed by atoms with Crippen LogP contribution in [0.25, 0.3) is 0 Å². The Labute approximate surface area is 471 Å². The number of rotatable bonds is 55. The summed E-state index contributed by atoms with van der Waals surface area (Å²) in [6, 6.07) is -0.838. The van der Waals surface area contributed by atoms with E-state index in [0.717, 1.165) is 83.5 Å². The van der Waals surface area contributed by atoms with Crippen molar-refractivity contribution in [1.82, 2.24) is 5.32 Å². The molecular formula is C66H119NO10. The summed E-state index contributed by atoms with van der Waals surface area (Å²) < 4.78 is 16.6. The Morgan fingerprint density at radius 1 is 0.506 bits per heavy atom. The number of esters is 1. The van der Waals surface area contributed by atoms with Crippen LogP contribution in [-0.2, 0) is 23.8 Å². The maximum atomic E-state index is 13.0. The highest BCUT2D eigenvalue weighted by atomic mass is 16.7. The second-order valence-corrected chi connectivity index (χ2v) is 22.1. The largest absolute Gasteiger partial charge is 0.465 e. The Morgan fingerprint density at radius 3 is 1.43 bits per heavy atom. The summed E-state index contributed by atoms with van der Waals surface area (Å²) in [5, 5.41) is 54.2. The Balaban J connectivity index is 1.99. The number of ether oxygens (including phenoxy) is 3. The van der Waals surface area contributed by atoms with E-state index in [4.69, 9.17) is 14.2 Å². The van der Waals surface area contributed by atoms with E-state index in [1.165, 1.54) is 173 Å². The number of unbranched alkanes of at least 4 members (excludes halogenated alkanes) is 34. The third-order valence-electron chi connectivity index (χ3n) is 14.9. The van der Waals surface area contributed by atoms with Gasteiger partial charge in [0.1, 0.15) is 24.4 Å². The number of hydrogen-bond donors (Lipinski definition) is 6. The van der Waals surface area contributed by atoms with Gasteiger partial charge in [-0.15, -0.1) is 0 Å². The van der Waals surface area contributed by atoms with Gasteiger partial charge in [0.2, 0.25) is 5.91 Å². The van der Waals surface area contributed by atoms with Crippen LogP contribution >= 0.6 is 0 Å². The summed E-state index contributed by atoms with van der Waals surface area (Å²) >= 11 is 0. The number of aliphatic hydroxyl groups excluding tert-OH is 5. The van der Waals surface area contributed by atoms with Crippen molar-refractivity contribution in [2.45, 2.75) is 326 Å². The molecule has 1 fully saturated rings. The average Bonchev–Trinajstić information content (AvgIpc) is 3.43. The molecule has 0 saturated carbocycles. The Bertz CT molecular complexity index is 1460. The summed E-state index contributed by atoms with van der Waals surface area (Å²) in [5.74, 6) is -0.250. The van der Waals surface area contributed by atoms with Crippen LogP contribution in [-0.4, -0.2) is 100 Å². The minimum Gasteiger partial charge on any atom is -0.465 e. The summed E-state index contributed by atoms with van der Waals surface area (Å²) in [6.07, 6.45) is 62.4. The number of amides is 1. The molecule has 0 aromatic rings. The second kappa shape index (κ2) is 55.3. The third kappa shape index (κ3) is 44.8. The molecule has 7 unspecified atom stereocenters. The lowest BCUT2D eigenvalue weighted by Crippen LogP contribution is -2.60. The quantitative estimate of drug-likeness (QED) is 0.0195. The fourth-order valence-electron chi connectivity index (χ4n) is 9.90. The molecule has 1 rings (SSSR count). The smallest absolute Gasteiger partial charge is 0.305 e. The molecule has 0 aromatic carbocycles. The third-order valence-corrected chi connectivity index (χ3v) is 14.9. The highest BCUT2D eigenvalue weighted by molar-refractivity contribution is 5.76. The van der Waals surface area contributed by atoms with Crippen LogP contribution < -0.4 is 5.32 Å². The molecule has 1 aliphatic rings. The lowest BCUT2D eigenvalue weighted by Gasteiger charge is -2.40. The number of nitrogens with one attached hydrogen (secondary N) is 1. The SMILES string of the molecule is C/C=C/CC/C=C/CC/C=C/C(O)C(COC1OC(CO)C(O)C(O)C1O)NC(=O)CCCCCCCCCCCCCCCC/C=C\C/C=C\CCOC(=O)CCCCCCCCCCCCCCCCCCCCC. The number of allylic oxidation sites excluding steroid dienone is 8. The summed E-state index contributed by atoms with van der Waals surface area (Å²) in [7, 11) is 0. The van der Waals surface area contributed by atoms with E-state index >= 15 is 0 Å². The standard InChI is InChI=1S/C66H119NO10/c1-3-5-7-9-11-13-14-15-16-17-21-25-28-31-34-38-42-46-50-54-62(71)75-55-51-47-43-39-35-32-29-26-23-20-18-19-22-24-27-30-33-37-41-45-49-53-61(70)67-58(59(69)52-48-44-40-36-12-10-8-6-4-2)57-76-66-65(74)64(73)63(72)60(56-68)77-66/h4,6,12,32,35-36,43,47-48,52,58-60,63-66,68-69,72-74H,3,5,7-11,13-31,33-34,37-42,44-46,49-51,53-57H2,1-2H3,(H,67,70)/b6-4+,35-32-,36-12+,47-43-,52-48+. The predicted octanol–water partition coefficient (Wildman–Crippen LogP) is 15.4. The van der Waals surface area contributed by atoms with Gasteiger partial charge in [-0.25, -0.2) is 0 Å². The molecule has 0 aromatic heterocycles. The second-order valence-electron chi connectivity index (χ2n) is 22.1. The number of carbonyl (C=O) groups is 2. The first-order valence-electron chi connectivity index (χ1n) is 32.0. The fraction of sp³-hybridized carbons (Fsp3) is 0.818. The zero-order valence-corrected chi connectivity index (χ0v) is 49.4. The van der Waals surface area contributed by atoms with Gasteiger partial charge in [-0.2, -0.15) is 0 Å². The zero-order chi connectivity index (χ0) is 55.9. The monoisotopic (exact) mass is 1090 g/mol. The molecule has 0 aliphatic carbocycles. The zero-order valence-electron chi connectivity index (χ0n) is 49.4. The van der Waals surface area contributed by atoms with Crippen LogP contribution in [0.4, 0.5) is 0 Å². The van der Waals surface area contributed by atoms with Crippen molar-refractivity contribution in [3.8, 4) is 0 Å². The molecule has 11 nitrogen and oxygen atoms in total. The van der Waals surface area contributed by atoms with Crippen molar-refractivity contribution in [3.05, 3.63) is 60.8 Å². The molecule has 0 spiro atoms. The van der Waals surface area contributed by atoms with E-state index in [9.17, 15) is 35.1 Å². The minimum absolute atomic E-state index is 0.0451. The topological polar surface area (TPSA) is 175 Å². The number of hydrogen-bond acceptors (Lipinski definition) is 10. The molecule has 11 heteroatoms. The molecule has 1 aliphatic heterocycles. The van der Waals surface area contributed by atoms with E-state index in [1.54, 1.807) is 6.08 Å². The van der Waals surface area contributed by atoms with E-state index in [-0.39, 0.29) is 18.5 Å². The Kier molecular flexibility index (Phi) is 52.0. The van der Waals surface area contributed by atoms with Gasteiger partial charge in [-0.3, -0.25) is 9.59 Å². The van der Waals surface area contributed by atoms with Gasteiger partial charge in [0.05, 0.1) is 32.0 Å². The number of aliphatic hydroxyl groups is 5. The van der Waals surface area contributed by atoms with Gasteiger partial charge in [0, 0.05) is 12.8 Å². The molecule has 7 atom stereocenters. The van der Waals surface area contributed by atoms with E-state index in [0.29, 0.717) is 19.4 Å². The summed E-state index contributed by atoms with van der Waals surface area (Å²) in [5.41, 5.74) is 0. The van der Waals surface area contributed by atoms with Crippen molar-refractivity contribution in [2.24, 2.45) is 0 Å². The predicted molar refractivity (Wildman–Crippen MR) is 320 cm³/mol. The Hall–Kier alpha value is -2.64. The van der Waals surface area contributed by atoms with E-state index in [1.807, 2.05) is 19.1 Å². The molecule has 0 radical (unpaired) electrons. The van der Waals surface area contributed by atoms with E-state index in [2.05, 4.69) is 54.8 Å². The highest BCUT2D eigenvalue weighted by Gasteiger charge is 2.44. The molecule has 448 valence electrons. The summed E-state index contributed by atoms with van der Waals surface area (Å²) in [4.78, 5) is 25.1. The normalized spacial score (nSPS) is 19.0. The fourth-order valence-corrected chi connectivity index (χ4v) is 9.90. The van der Waals surface area contributed by atoms with Crippen molar-refractivity contribution in [2.75, 3.05) is 19.8 Å². The van der Waals surface area contributed by atoms with Gasteiger partial charge < -0.3 is 45.1 Å². The molecule has 77 heavy (non-hydrogen) atoms. The molecule has 1 amide bonds. The average molecular weight is 1090 g/mol. The molecule has 6 N–H and O–H groups in total. The van der Waals surface area contributed by atoms with Crippen molar-refractivity contribution >= 4 is 11.9 Å². The maximum absolute atomic E-state index is 13.0. The summed E-state index contributed by atoms with van der Waals surface area (Å²) in [6.45, 7) is 3.99. The van der Waals surface area contributed by atoms with Gasteiger partial charge in [-0.1, -0.05) is 260 Å². The highest BCUT2D eigenvalue weighted by Crippen LogP contribution is 2.23. The maximum Gasteiger partial charge on any atom is 0.305 e. The van der Waals surface area contributed by atoms with Crippen molar-refractivity contribution < 1.29 is 49.3 Å². The van der Waals surface area contributed by atoms with Gasteiger partial charge in [0.15, 0.2) is 6.29 Å². The van der Waals surface area contributed by atoms with Crippen LogP contribution in [0.15, 0.2) is 60.8 Å². The Morgan fingerprint density at radius 2 is 0.935 bits per heavy atom. The van der Waals surface area contributed by atoms with Crippen molar-refractivity contribution in [3.63, 3.8) is 0 Å². The molecule has 0 bridgehead atoms. The van der Waals surface area contributed by atoms with Crippen LogP contribution in [0.5, 0.6) is 0 Å². The van der Waals surface area contributed by atoms with Crippen LogP contribution in [0, 0.1) is 0 Å². The number of carbonyl (C=O) groups excluding carboxylic acids is 2. The van der Waals surface area contributed by atoms with Crippen LogP contribution in [0.2, 0.25) is 0 Å². The lowest BCUT2D eigenvalue weighted by atomic mass is 9.99. The minimum atomic E-state index is -1.58. The van der Waals surface area contributed by atoms with E-state index < -0.39 is 49.5 Å².